The van der Waals surface area contributed by atoms with Crippen LogP contribution in [0.2, 0.25) is 0 Å². The summed E-state index contributed by atoms with van der Waals surface area (Å²) < 4.78 is 0. The van der Waals surface area contributed by atoms with Gasteiger partial charge in [-0.15, -0.1) is 6.58 Å². The first-order valence-electron chi connectivity index (χ1n) is 4.09. The first-order chi connectivity index (χ1) is 4.72. The molecule has 0 aromatic heterocycles. The summed E-state index contributed by atoms with van der Waals surface area (Å²) >= 11 is 0. The number of likely N-dealkylation sites (N-methyl/N-ethyl adjacent to an activating group) is 1. The van der Waals surface area contributed by atoms with Crippen LogP contribution in [-0.4, -0.2) is 23.0 Å². The number of nitrogens with zero attached hydrogens (tertiary/aromatic N) is 1. The Morgan fingerprint density at radius 3 is 1.55 bits per heavy atom. The van der Waals surface area contributed by atoms with Gasteiger partial charge >= 0.3 is 0 Å². The first-order valence-corrected chi connectivity index (χ1v) is 4.09. The van der Waals surface area contributed by atoms with Gasteiger partial charge in [-0.05, 0) is 41.7 Å². The van der Waals surface area contributed by atoms with Crippen molar-refractivity contribution in [3.63, 3.8) is 0 Å². The van der Waals surface area contributed by atoms with Crippen molar-refractivity contribution in [3.05, 3.63) is 12.7 Å². The van der Waals surface area contributed by atoms with Crippen molar-refractivity contribution >= 4 is 0 Å². The van der Waals surface area contributed by atoms with E-state index in [4.69, 9.17) is 0 Å². The standard InChI is InChI=1S/C10H21N/c1-8-10(5,6)11(7)9(2,3)4/h8H,1H2,2-7H3. The van der Waals surface area contributed by atoms with Gasteiger partial charge in [-0.1, -0.05) is 6.08 Å². The van der Waals surface area contributed by atoms with Crippen LogP contribution in [0.15, 0.2) is 12.7 Å². The zero-order chi connectivity index (χ0) is 9.28. The van der Waals surface area contributed by atoms with E-state index in [0.717, 1.165) is 0 Å². The van der Waals surface area contributed by atoms with Crippen molar-refractivity contribution in [2.45, 2.75) is 45.7 Å². The minimum atomic E-state index is 0.0816. The maximum atomic E-state index is 3.83. The minimum Gasteiger partial charge on any atom is -0.293 e. The van der Waals surface area contributed by atoms with Crippen LogP contribution in [0, 0.1) is 0 Å². The third-order valence-corrected chi connectivity index (χ3v) is 2.37. The summed E-state index contributed by atoms with van der Waals surface area (Å²) in [4.78, 5) is 2.31. The highest BCUT2D eigenvalue weighted by molar-refractivity contribution is 4.99. The molecule has 0 aromatic rings. The van der Waals surface area contributed by atoms with Crippen LogP contribution in [0.3, 0.4) is 0 Å². The Kier molecular flexibility index (Phi) is 2.90. The zero-order valence-corrected chi connectivity index (χ0v) is 8.73. The fourth-order valence-electron chi connectivity index (χ4n) is 1.00. The summed E-state index contributed by atoms with van der Waals surface area (Å²) in [5, 5.41) is 0. The smallest absolute Gasteiger partial charge is 0.0334 e. The minimum absolute atomic E-state index is 0.0816. The second-order valence-corrected chi connectivity index (χ2v) is 4.59. The fraction of sp³-hybridized carbons (Fsp3) is 0.800. The maximum Gasteiger partial charge on any atom is 0.0334 e. The molecule has 0 bridgehead atoms. The SMILES string of the molecule is C=CC(C)(C)N(C)C(C)(C)C. The van der Waals surface area contributed by atoms with Crippen LogP contribution < -0.4 is 0 Å². The van der Waals surface area contributed by atoms with E-state index in [1.165, 1.54) is 0 Å². The molecule has 0 aliphatic heterocycles. The molecule has 0 N–H and O–H groups in total. The summed E-state index contributed by atoms with van der Waals surface area (Å²) in [6.07, 6.45) is 1.98. The van der Waals surface area contributed by atoms with E-state index in [1.807, 2.05) is 6.08 Å². The second kappa shape index (κ2) is 2.98. The Bertz CT molecular complexity index is 139. The lowest BCUT2D eigenvalue weighted by Gasteiger charge is -2.42. The third-order valence-electron chi connectivity index (χ3n) is 2.37. The maximum absolute atomic E-state index is 3.83. The predicted octanol–water partition coefficient (Wildman–Crippen LogP) is 2.68. The molecule has 66 valence electrons. The monoisotopic (exact) mass is 155 g/mol. The van der Waals surface area contributed by atoms with Gasteiger partial charge in [-0.2, -0.15) is 0 Å². The Morgan fingerprint density at radius 1 is 1.09 bits per heavy atom. The van der Waals surface area contributed by atoms with Gasteiger partial charge in [-0.3, -0.25) is 4.90 Å². The molecule has 11 heavy (non-hydrogen) atoms. The van der Waals surface area contributed by atoms with Crippen molar-refractivity contribution in [1.29, 1.82) is 0 Å². The lowest BCUT2D eigenvalue weighted by Crippen LogP contribution is -2.50. The molecule has 0 aliphatic rings. The largest absolute Gasteiger partial charge is 0.293 e. The topological polar surface area (TPSA) is 3.24 Å². The van der Waals surface area contributed by atoms with Crippen LogP contribution in [0.1, 0.15) is 34.6 Å². The van der Waals surface area contributed by atoms with Crippen molar-refractivity contribution in [3.8, 4) is 0 Å². The van der Waals surface area contributed by atoms with Gasteiger partial charge < -0.3 is 0 Å². The van der Waals surface area contributed by atoms with Crippen molar-refractivity contribution in [2.24, 2.45) is 0 Å². The van der Waals surface area contributed by atoms with Crippen LogP contribution >= 0.6 is 0 Å². The molecule has 0 atom stereocenters. The van der Waals surface area contributed by atoms with Gasteiger partial charge in [0.25, 0.3) is 0 Å². The molecule has 0 saturated carbocycles. The van der Waals surface area contributed by atoms with Gasteiger partial charge in [0.05, 0.1) is 0 Å². The second-order valence-electron chi connectivity index (χ2n) is 4.59. The molecule has 0 radical (unpaired) electrons. The summed E-state index contributed by atoms with van der Waals surface area (Å²) in [7, 11) is 2.13. The number of hydrogen-bond acceptors (Lipinski definition) is 1. The van der Waals surface area contributed by atoms with E-state index < -0.39 is 0 Å². The van der Waals surface area contributed by atoms with Crippen molar-refractivity contribution < 1.29 is 0 Å². The third kappa shape index (κ3) is 2.66. The van der Waals surface area contributed by atoms with Crippen LogP contribution in [0.5, 0.6) is 0 Å². The normalized spacial score (nSPS) is 13.7. The highest BCUT2D eigenvalue weighted by Gasteiger charge is 2.28. The van der Waals surface area contributed by atoms with E-state index in [1.54, 1.807) is 0 Å². The summed E-state index contributed by atoms with van der Waals surface area (Å²) in [5.74, 6) is 0. The fourth-order valence-corrected chi connectivity index (χ4v) is 1.00. The van der Waals surface area contributed by atoms with Gasteiger partial charge in [0, 0.05) is 11.1 Å². The van der Waals surface area contributed by atoms with Crippen LogP contribution in [-0.2, 0) is 0 Å². The predicted molar refractivity (Wildman–Crippen MR) is 51.8 cm³/mol. The Labute approximate surface area is 71.1 Å². The molecular formula is C10H21N. The average molecular weight is 155 g/mol. The molecule has 0 aliphatic carbocycles. The van der Waals surface area contributed by atoms with E-state index in [-0.39, 0.29) is 11.1 Å². The Balaban J connectivity index is 4.48. The summed E-state index contributed by atoms with van der Waals surface area (Å²) in [6.45, 7) is 14.8. The first kappa shape index (κ1) is 10.7. The van der Waals surface area contributed by atoms with E-state index in [2.05, 4.69) is 53.1 Å². The van der Waals surface area contributed by atoms with Crippen LogP contribution in [0.25, 0.3) is 0 Å². The molecular weight excluding hydrogens is 134 g/mol. The molecule has 0 spiro atoms. The average Bonchev–Trinajstić information content (AvgIpc) is 1.84. The summed E-state index contributed by atoms with van der Waals surface area (Å²) in [6, 6.07) is 0. The van der Waals surface area contributed by atoms with Crippen molar-refractivity contribution in [2.75, 3.05) is 7.05 Å². The molecule has 0 unspecified atom stereocenters. The molecule has 0 saturated heterocycles. The zero-order valence-electron chi connectivity index (χ0n) is 8.73. The van der Waals surface area contributed by atoms with E-state index >= 15 is 0 Å². The van der Waals surface area contributed by atoms with Gasteiger partial charge in [0.15, 0.2) is 0 Å². The van der Waals surface area contributed by atoms with Crippen LogP contribution in [0.4, 0.5) is 0 Å². The molecule has 0 amide bonds. The lowest BCUT2D eigenvalue weighted by molar-refractivity contribution is 0.0894. The molecule has 0 heterocycles. The Morgan fingerprint density at radius 2 is 1.45 bits per heavy atom. The molecule has 1 heteroatoms. The van der Waals surface area contributed by atoms with Gasteiger partial charge in [0.2, 0.25) is 0 Å². The Hall–Kier alpha value is -0.300. The highest BCUT2D eigenvalue weighted by Crippen LogP contribution is 2.22. The van der Waals surface area contributed by atoms with E-state index in [0.29, 0.717) is 0 Å². The van der Waals surface area contributed by atoms with Gasteiger partial charge in [-0.25, -0.2) is 0 Å². The van der Waals surface area contributed by atoms with Gasteiger partial charge in [0.1, 0.15) is 0 Å². The molecule has 0 fully saturated rings. The molecule has 0 rings (SSSR count). The highest BCUT2D eigenvalue weighted by atomic mass is 15.2. The number of hydrogen-bond donors (Lipinski definition) is 0. The molecule has 1 nitrogen and oxygen atoms in total. The molecule has 0 aromatic carbocycles. The lowest BCUT2D eigenvalue weighted by atomic mass is 9.96. The number of rotatable bonds is 2. The quantitative estimate of drug-likeness (QED) is 0.554. The van der Waals surface area contributed by atoms with Crippen molar-refractivity contribution in [1.82, 2.24) is 4.90 Å². The van der Waals surface area contributed by atoms with E-state index in [9.17, 15) is 0 Å². The summed E-state index contributed by atoms with van der Waals surface area (Å²) in [5.41, 5.74) is 0.288.